The lowest BCUT2D eigenvalue weighted by molar-refractivity contribution is -0.120. The van der Waals surface area contributed by atoms with Crippen molar-refractivity contribution in [2.24, 2.45) is 5.10 Å². The van der Waals surface area contributed by atoms with Gasteiger partial charge >= 0.3 is 6.03 Å². The van der Waals surface area contributed by atoms with Gasteiger partial charge in [0.15, 0.2) is 0 Å². The number of hydrazone groups is 1. The SMILES string of the molecule is Cc1ccc(NC(=O)NCC(=O)N/N=C/c2ccccc2)nc1. The summed E-state index contributed by atoms with van der Waals surface area (Å²) < 4.78 is 0. The van der Waals surface area contributed by atoms with Gasteiger partial charge in [0.05, 0.1) is 6.21 Å². The Labute approximate surface area is 133 Å². The number of hydrogen-bond acceptors (Lipinski definition) is 4. The highest BCUT2D eigenvalue weighted by atomic mass is 16.2. The van der Waals surface area contributed by atoms with Gasteiger partial charge in [-0.05, 0) is 24.1 Å². The maximum atomic E-state index is 11.6. The van der Waals surface area contributed by atoms with Crippen molar-refractivity contribution in [1.82, 2.24) is 15.7 Å². The molecule has 1 aromatic heterocycles. The van der Waals surface area contributed by atoms with Crippen LogP contribution in [0.1, 0.15) is 11.1 Å². The number of nitrogens with zero attached hydrogens (tertiary/aromatic N) is 2. The summed E-state index contributed by atoms with van der Waals surface area (Å²) in [4.78, 5) is 27.2. The third kappa shape index (κ3) is 5.96. The number of carbonyl (C=O) groups is 2. The van der Waals surface area contributed by atoms with Crippen LogP contribution in [0.5, 0.6) is 0 Å². The Morgan fingerprint density at radius 1 is 1.17 bits per heavy atom. The number of hydrogen-bond donors (Lipinski definition) is 3. The zero-order valence-electron chi connectivity index (χ0n) is 12.6. The Hall–Kier alpha value is -3.22. The standard InChI is InChI=1S/C16H17N5O2/c1-12-7-8-14(17-9-12)20-16(23)18-11-15(22)21-19-10-13-5-3-2-4-6-13/h2-10H,11H2,1H3,(H,21,22)(H2,17,18,20,23)/b19-10+. The molecule has 1 heterocycles. The Bertz CT molecular complexity index is 683. The molecule has 0 aliphatic rings. The molecule has 118 valence electrons. The molecule has 7 heteroatoms. The number of nitrogens with one attached hydrogen (secondary N) is 3. The second kappa shape index (κ2) is 8.28. The Morgan fingerprint density at radius 3 is 2.65 bits per heavy atom. The molecule has 0 saturated heterocycles. The van der Waals surface area contributed by atoms with E-state index in [1.165, 1.54) is 6.21 Å². The summed E-state index contributed by atoms with van der Waals surface area (Å²) in [6.07, 6.45) is 3.16. The number of amides is 3. The fourth-order valence-corrected chi connectivity index (χ4v) is 1.62. The molecule has 7 nitrogen and oxygen atoms in total. The molecule has 2 rings (SSSR count). The van der Waals surface area contributed by atoms with Crippen LogP contribution in [0, 0.1) is 6.92 Å². The van der Waals surface area contributed by atoms with Crippen LogP contribution in [0.15, 0.2) is 53.8 Å². The first-order valence-electron chi connectivity index (χ1n) is 6.98. The third-order valence-electron chi connectivity index (χ3n) is 2.76. The predicted molar refractivity (Wildman–Crippen MR) is 88.2 cm³/mol. The van der Waals surface area contributed by atoms with Crippen LogP contribution in [0.3, 0.4) is 0 Å². The summed E-state index contributed by atoms with van der Waals surface area (Å²) in [5, 5.41) is 8.75. The number of benzene rings is 1. The van der Waals surface area contributed by atoms with Crippen LogP contribution in [0.2, 0.25) is 0 Å². The van der Waals surface area contributed by atoms with Gasteiger partial charge in [0.1, 0.15) is 12.4 Å². The normalized spacial score (nSPS) is 10.3. The molecule has 0 fully saturated rings. The number of anilines is 1. The predicted octanol–water partition coefficient (Wildman–Crippen LogP) is 1.66. The van der Waals surface area contributed by atoms with Gasteiger partial charge in [0.2, 0.25) is 0 Å². The van der Waals surface area contributed by atoms with E-state index in [9.17, 15) is 9.59 Å². The average molecular weight is 311 g/mol. The molecular weight excluding hydrogens is 294 g/mol. The first kappa shape index (κ1) is 16.2. The van der Waals surface area contributed by atoms with Crippen molar-refractivity contribution in [3.05, 3.63) is 59.8 Å². The molecule has 0 radical (unpaired) electrons. The first-order valence-corrected chi connectivity index (χ1v) is 6.98. The summed E-state index contributed by atoms with van der Waals surface area (Å²) in [6, 6.07) is 12.3. The fourth-order valence-electron chi connectivity index (χ4n) is 1.62. The zero-order chi connectivity index (χ0) is 16.5. The van der Waals surface area contributed by atoms with Crippen molar-refractivity contribution in [2.75, 3.05) is 11.9 Å². The Balaban J connectivity index is 1.70. The van der Waals surface area contributed by atoms with Gasteiger partial charge in [-0.25, -0.2) is 15.2 Å². The van der Waals surface area contributed by atoms with Gasteiger partial charge in [0, 0.05) is 6.20 Å². The lowest BCUT2D eigenvalue weighted by Crippen LogP contribution is -2.37. The smallest absolute Gasteiger partial charge is 0.320 e. The molecule has 0 aliphatic carbocycles. The summed E-state index contributed by atoms with van der Waals surface area (Å²) >= 11 is 0. The monoisotopic (exact) mass is 311 g/mol. The quantitative estimate of drug-likeness (QED) is 0.579. The van der Waals surface area contributed by atoms with Crippen LogP contribution in [-0.2, 0) is 4.79 Å². The molecule has 1 aromatic carbocycles. The number of pyridine rings is 1. The lowest BCUT2D eigenvalue weighted by Gasteiger charge is -2.06. The largest absolute Gasteiger partial charge is 0.329 e. The van der Waals surface area contributed by atoms with Gasteiger partial charge in [0.25, 0.3) is 5.91 Å². The Morgan fingerprint density at radius 2 is 1.96 bits per heavy atom. The number of urea groups is 1. The molecule has 0 saturated carbocycles. The van der Waals surface area contributed by atoms with Gasteiger partial charge in [-0.3, -0.25) is 10.1 Å². The number of aryl methyl sites for hydroxylation is 1. The topological polar surface area (TPSA) is 95.5 Å². The average Bonchev–Trinajstić information content (AvgIpc) is 2.56. The molecule has 0 aliphatic heterocycles. The third-order valence-corrected chi connectivity index (χ3v) is 2.76. The molecule has 2 aromatic rings. The molecular formula is C16H17N5O2. The summed E-state index contributed by atoms with van der Waals surface area (Å²) in [6.45, 7) is 1.71. The highest BCUT2D eigenvalue weighted by molar-refractivity contribution is 5.91. The minimum absolute atomic E-state index is 0.191. The van der Waals surface area contributed by atoms with Crippen molar-refractivity contribution >= 4 is 24.0 Å². The molecule has 3 amide bonds. The highest BCUT2D eigenvalue weighted by Crippen LogP contribution is 2.02. The number of carbonyl (C=O) groups excluding carboxylic acids is 2. The van der Waals surface area contributed by atoms with Gasteiger partial charge in [-0.15, -0.1) is 0 Å². The van der Waals surface area contributed by atoms with E-state index in [4.69, 9.17) is 0 Å². The van der Waals surface area contributed by atoms with Crippen LogP contribution < -0.4 is 16.1 Å². The van der Waals surface area contributed by atoms with E-state index in [1.54, 1.807) is 12.3 Å². The minimum Gasteiger partial charge on any atom is -0.329 e. The maximum Gasteiger partial charge on any atom is 0.320 e. The van der Waals surface area contributed by atoms with E-state index in [2.05, 4.69) is 26.1 Å². The van der Waals surface area contributed by atoms with Gasteiger partial charge < -0.3 is 5.32 Å². The van der Waals surface area contributed by atoms with Gasteiger partial charge in [-0.2, -0.15) is 5.10 Å². The Kier molecular flexibility index (Phi) is 5.81. The molecule has 0 unspecified atom stereocenters. The van der Waals surface area contributed by atoms with Crippen LogP contribution in [-0.4, -0.2) is 29.7 Å². The van der Waals surface area contributed by atoms with Crippen molar-refractivity contribution < 1.29 is 9.59 Å². The van der Waals surface area contributed by atoms with E-state index in [0.29, 0.717) is 5.82 Å². The van der Waals surface area contributed by atoms with Crippen molar-refractivity contribution in [2.45, 2.75) is 6.92 Å². The molecule has 0 bridgehead atoms. The van der Waals surface area contributed by atoms with Gasteiger partial charge in [-0.1, -0.05) is 36.4 Å². The van der Waals surface area contributed by atoms with E-state index in [0.717, 1.165) is 11.1 Å². The van der Waals surface area contributed by atoms with Crippen molar-refractivity contribution in [1.29, 1.82) is 0 Å². The number of rotatable bonds is 5. The maximum absolute atomic E-state index is 11.6. The fraction of sp³-hybridized carbons (Fsp3) is 0.125. The highest BCUT2D eigenvalue weighted by Gasteiger charge is 2.05. The van der Waals surface area contributed by atoms with Crippen molar-refractivity contribution in [3.8, 4) is 0 Å². The van der Waals surface area contributed by atoms with E-state index in [-0.39, 0.29) is 6.54 Å². The van der Waals surface area contributed by atoms with E-state index >= 15 is 0 Å². The first-order chi connectivity index (χ1) is 11.1. The van der Waals surface area contributed by atoms with E-state index < -0.39 is 11.9 Å². The zero-order valence-corrected chi connectivity index (χ0v) is 12.6. The molecule has 0 atom stereocenters. The van der Waals surface area contributed by atoms with Crippen LogP contribution >= 0.6 is 0 Å². The molecule has 3 N–H and O–H groups in total. The number of aromatic nitrogens is 1. The summed E-state index contributed by atoms with van der Waals surface area (Å²) in [5.41, 5.74) is 4.19. The minimum atomic E-state index is -0.511. The van der Waals surface area contributed by atoms with Crippen LogP contribution in [0.4, 0.5) is 10.6 Å². The van der Waals surface area contributed by atoms with Crippen LogP contribution in [0.25, 0.3) is 0 Å². The second-order valence-corrected chi connectivity index (χ2v) is 4.73. The lowest BCUT2D eigenvalue weighted by atomic mass is 10.2. The molecule has 0 spiro atoms. The summed E-state index contributed by atoms with van der Waals surface area (Å²) in [5.74, 6) is -0.0141. The second-order valence-electron chi connectivity index (χ2n) is 4.73. The van der Waals surface area contributed by atoms with Crippen molar-refractivity contribution in [3.63, 3.8) is 0 Å². The molecule has 23 heavy (non-hydrogen) atoms. The van der Waals surface area contributed by atoms with E-state index in [1.807, 2.05) is 43.3 Å². The summed E-state index contributed by atoms with van der Waals surface area (Å²) in [7, 11) is 0.